The van der Waals surface area contributed by atoms with Crippen LogP contribution in [0, 0.1) is 11.8 Å². The lowest BCUT2D eigenvalue weighted by Crippen LogP contribution is -2.32. The lowest BCUT2D eigenvalue weighted by Gasteiger charge is -2.19. The van der Waals surface area contributed by atoms with Crippen LogP contribution in [0.15, 0.2) is 0 Å². The van der Waals surface area contributed by atoms with Gasteiger partial charge in [0.2, 0.25) is 0 Å². The molecule has 1 fully saturated rings. The maximum Gasteiger partial charge on any atom is 0.00672 e. The van der Waals surface area contributed by atoms with Gasteiger partial charge in [0.05, 0.1) is 0 Å². The molecular formula is C14H29N. The molecule has 15 heavy (non-hydrogen) atoms. The molecule has 0 spiro atoms. The third kappa shape index (κ3) is 5.01. The van der Waals surface area contributed by atoms with E-state index in [-0.39, 0.29) is 0 Å². The van der Waals surface area contributed by atoms with Gasteiger partial charge in [0, 0.05) is 6.04 Å². The molecule has 0 aromatic rings. The lowest BCUT2D eigenvalue weighted by atomic mass is 9.98. The van der Waals surface area contributed by atoms with E-state index >= 15 is 0 Å². The maximum absolute atomic E-state index is 3.76. The third-order valence-corrected chi connectivity index (χ3v) is 4.12. The van der Waals surface area contributed by atoms with Crippen LogP contribution in [0.3, 0.4) is 0 Å². The largest absolute Gasteiger partial charge is 0.314 e. The number of nitrogens with one attached hydrogen (secondary N) is 1. The Bertz CT molecular complexity index is 155. The van der Waals surface area contributed by atoms with E-state index in [1.165, 1.54) is 51.5 Å². The SMILES string of the molecule is CCC(C)CNC1CCCC(CC)CC1. The van der Waals surface area contributed by atoms with Crippen molar-refractivity contribution in [3.05, 3.63) is 0 Å². The highest BCUT2D eigenvalue weighted by atomic mass is 14.9. The smallest absolute Gasteiger partial charge is 0.00672 e. The molecule has 1 rings (SSSR count). The molecule has 1 saturated carbocycles. The normalized spacial score (nSPS) is 29.8. The predicted octanol–water partition coefficient (Wildman–Crippen LogP) is 3.98. The third-order valence-electron chi connectivity index (χ3n) is 4.12. The van der Waals surface area contributed by atoms with Crippen molar-refractivity contribution in [3.63, 3.8) is 0 Å². The molecule has 1 nitrogen and oxygen atoms in total. The summed E-state index contributed by atoms with van der Waals surface area (Å²) >= 11 is 0. The van der Waals surface area contributed by atoms with Crippen LogP contribution >= 0.6 is 0 Å². The van der Waals surface area contributed by atoms with E-state index < -0.39 is 0 Å². The van der Waals surface area contributed by atoms with Gasteiger partial charge in [0.15, 0.2) is 0 Å². The Morgan fingerprint density at radius 1 is 1.13 bits per heavy atom. The van der Waals surface area contributed by atoms with Crippen molar-refractivity contribution >= 4 is 0 Å². The van der Waals surface area contributed by atoms with E-state index in [1.54, 1.807) is 0 Å². The Hall–Kier alpha value is -0.0400. The second-order valence-electron chi connectivity index (χ2n) is 5.40. The fourth-order valence-corrected chi connectivity index (χ4v) is 2.50. The molecule has 1 aliphatic rings. The van der Waals surface area contributed by atoms with E-state index in [1.807, 2.05) is 0 Å². The molecule has 0 bridgehead atoms. The lowest BCUT2D eigenvalue weighted by molar-refractivity contribution is 0.397. The van der Waals surface area contributed by atoms with Gasteiger partial charge in [-0.05, 0) is 37.6 Å². The second-order valence-corrected chi connectivity index (χ2v) is 5.40. The highest BCUT2D eigenvalue weighted by Gasteiger charge is 2.17. The van der Waals surface area contributed by atoms with Gasteiger partial charge in [0.1, 0.15) is 0 Å². The van der Waals surface area contributed by atoms with Crippen molar-refractivity contribution in [2.45, 2.75) is 71.8 Å². The zero-order valence-electron chi connectivity index (χ0n) is 10.9. The molecule has 90 valence electrons. The Balaban J connectivity index is 2.19. The number of rotatable bonds is 5. The first-order valence-electron chi connectivity index (χ1n) is 6.99. The fourth-order valence-electron chi connectivity index (χ4n) is 2.50. The summed E-state index contributed by atoms with van der Waals surface area (Å²) in [6.45, 7) is 8.20. The molecule has 3 atom stereocenters. The van der Waals surface area contributed by atoms with Gasteiger partial charge in [-0.25, -0.2) is 0 Å². The highest BCUT2D eigenvalue weighted by molar-refractivity contribution is 4.75. The minimum absolute atomic E-state index is 0.815. The van der Waals surface area contributed by atoms with Crippen LogP contribution < -0.4 is 5.32 Å². The van der Waals surface area contributed by atoms with Crippen molar-refractivity contribution in [3.8, 4) is 0 Å². The van der Waals surface area contributed by atoms with Crippen molar-refractivity contribution in [2.24, 2.45) is 11.8 Å². The summed E-state index contributed by atoms with van der Waals surface area (Å²) in [5, 5.41) is 3.76. The first kappa shape index (κ1) is 13.0. The van der Waals surface area contributed by atoms with Crippen molar-refractivity contribution in [1.82, 2.24) is 5.32 Å². The molecular weight excluding hydrogens is 182 g/mol. The van der Waals surface area contributed by atoms with Crippen LogP contribution in [0.5, 0.6) is 0 Å². The summed E-state index contributed by atoms with van der Waals surface area (Å²) in [6, 6.07) is 0.815. The van der Waals surface area contributed by atoms with Crippen LogP contribution in [0.25, 0.3) is 0 Å². The van der Waals surface area contributed by atoms with Gasteiger partial charge in [0.25, 0.3) is 0 Å². The topological polar surface area (TPSA) is 12.0 Å². The summed E-state index contributed by atoms with van der Waals surface area (Å²) in [5.74, 6) is 1.86. The van der Waals surface area contributed by atoms with Crippen LogP contribution in [0.1, 0.15) is 65.7 Å². The summed E-state index contributed by atoms with van der Waals surface area (Å²) < 4.78 is 0. The maximum atomic E-state index is 3.76. The molecule has 3 unspecified atom stereocenters. The Labute approximate surface area is 96.0 Å². The average molecular weight is 211 g/mol. The van der Waals surface area contributed by atoms with Crippen LogP contribution in [-0.2, 0) is 0 Å². The molecule has 0 saturated heterocycles. The molecule has 0 amide bonds. The average Bonchev–Trinajstić information content (AvgIpc) is 2.50. The van der Waals surface area contributed by atoms with Gasteiger partial charge in [-0.3, -0.25) is 0 Å². The zero-order valence-corrected chi connectivity index (χ0v) is 10.9. The van der Waals surface area contributed by atoms with Gasteiger partial charge in [-0.1, -0.05) is 46.5 Å². The predicted molar refractivity (Wildman–Crippen MR) is 68.1 cm³/mol. The van der Waals surface area contributed by atoms with Crippen molar-refractivity contribution in [1.29, 1.82) is 0 Å². The van der Waals surface area contributed by atoms with Crippen molar-refractivity contribution < 1.29 is 0 Å². The molecule has 0 aromatic heterocycles. The number of hydrogen-bond donors (Lipinski definition) is 1. The van der Waals surface area contributed by atoms with Gasteiger partial charge >= 0.3 is 0 Å². The highest BCUT2D eigenvalue weighted by Crippen LogP contribution is 2.25. The van der Waals surface area contributed by atoms with Crippen LogP contribution in [0.2, 0.25) is 0 Å². The van der Waals surface area contributed by atoms with Gasteiger partial charge < -0.3 is 5.32 Å². The van der Waals surface area contributed by atoms with Crippen LogP contribution in [0.4, 0.5) is 0 Å². The molecule has 0 radical (unpaired) electrons. The molecule has 0 heterocycles. The van der Waals surface area contributed by atoms with E-state index in [4.69, 9.17) is 0 Å². The first-order valence-corrected chi connectivity index (χ1v) is 6.99. The van der Waals surface area contributed by atoms with Crippen molar-refractivity contribution in [2.75, 3.05) is 6.54 Å². The summed E-state index contributed by atoms with van der Waals surface area (Å²) in [5.41, 5.74) is 0. The molecule has 0 aliphatic heterocycles. The van der Waals surface area contributed by atoms with E-state index in [9.17, 15) is 0 Å². The van der Waals surface area contributed by atoms with Gasteiger partial charge in [-0.15, -0.1) is 0 Å². The minimum atomic E-state index is 0.815. The summed E-state index contributed by atoms with van der Waals surface area (Å²) in [6.07, 6.45) is 9.88. The molecule has 1 N–H and O–H groups in total. The van der Waals surface area contributed by atoms with E-state index in [0.29, 0.717) is 0 Å². The first-order chi connectivity index (χ1) is 7.26. The standard InChI is InChI=1S/C14H29N/c1-4-12(3)11-15-14-8-6-7-13(5-2)9-10-14/h12-15H,4-11H2,1-3H3. The van der Waals surface area contributed by atoms with Gasteiger partial charge in [-0.2, -0.15) is 0 Å². The molecule has 1 aliphatic carbocycles. The van der Waals surface area contributed by atoms with E-state index in [0.717, 1.165) is 17.9 Å². The monoisotopic (exact) mass is 211 g/mol. The molecule has 1 heteroatoms. The number of hydrogen-bond acceptors (Lipinski definition) is 1. The minimum Gasteiger partial charge on any atom is -0.314 e. The Kier molecular flexibility index (Phi) is 6.31. The summed E-state index contributed by atoms with van der Waals surface area (Å²) in [7, 11) is 0. The Morgan fingerprint density at radius 3 is 2.60 bits per heavy atom. The Morgan fingerprint density at radius 2 is 1.93 bits per heavy atom. The van der Waals surface area contributed by atoms with Crippen LogP contribution in [-0.4, -0.2) is 12.6 Å². The molecule has 0 aromatic carbocycles. The van der Waals surface area contributed by atoms with E-state index in [2.05, 4.69) is 26.1 Å². The second kappa shape index (κ2) is 7.27. The fraction of sp³-hybridized carbons (Fsp3) is 1.00. The summed E-state index contributed by atoms with van der Waals surface area (Å²) in [4.78, 5) is 0. The zero-order chi connectivity index (χ0) is 11.1. The quantitative estimate of drug-likeness (QED) is 0.678.